The second kappa shape index (κ2) is 5.63. The van der Waals surface area contributed by atoms with Crippen LogP contribution in [0.25, 0.3) is 5.70 Å². The number of hydrogen-bond acceptors (Lipinski definition) is 5. The fourth-order valence-electron chi connectivity index (χ4n) is 4.38. The molecule has 2 saturated carbocycles. The number of allylic oxidation sites excluding steroid dienone is 1. The van der Waals surface area contributed by atoms with Crippen LogP contribution in [0.5, 0.6) is 0 Å². The standard InChI is InChI=1S/C18H26N6/c1-11-8-15(11)20-9-12-2-4-13(5-3-12)16-17-14-6-7-19-18(14)21-10-24(17)23-22-16/h6-7,10-13,15,19-20,22-23H,2-5,8-9H2,1H3/t11?,12-,13-,15?. The van der Waals surface area contributed by atoms with Crippen LogP contribution in [0.3, 0.4) is 0 Å². The molecule has 2 aliphatic carbocycles. The highest BCUT2D eigenvalue weighted by Crippen LogP contribution is 2.40. The molecule has 2 fully saturated rings. The third kappa shape index (κ3) is 2.45. The van der Waals surface area contributed by atoms with Gasteiger partial charge in [-0.3, -0.25) is 0 Å². The molecule has 6 nitrogen and oxygen atoms in total. The first kappa shape index (κ1) is 14.5. The van der Waals surface area contributed by atoms with Crippen molar-refractivity contribution in [1.82, 2.24) is 26.3 Å². The Morgan fingerprint density at radius 2 is 2.12 bits per heavy atom. The van der Waals surface area contributed by atoms with Gasteiger partial charge in [0.25, 0.3) is 0 Å². The minimum atomic E-state index is 0.614. The van der Waals surface area contributed by atoms with E-state index in [1.807, 2.05) is 17.5 Å². The molecule has 4 N–H and O–H groups in total. The van der Waals surface area contributed by atoms with Crippen LogP contribution in [0.15, 0.2) is 23.0 Å². The minimum Gasteiger partial charge on any atom is -0.346 e. The minimum absolute atomic E-state index is 0.614. The van der Waals surface area contributed by atoms with E-state index in [0.717, 1.165) is 23.7 Å². The first-order valence-electron chi connectivity index (χ1n) is 9.30. The summed E-state index contributed by atoms with van der Waals surface area (Å²) < 4.78 is 0. The predicted molar refractivity (Wildman–Crippen MR) is 95.0 cm³/mol. The molecule has 0 spiro atoms. The van der Waals surface area contributed by atoms with E-state index >= 15 is 0 Å². The summed E-state index contributed by atoms with van der Waals surface area (Å²) >= 11 is 0. The second-order valence-electron chi connectivity index (χ2n) is 7.80. The number of aromatic amines is 1. The molecule has 128 valence electrons. The van der Waals surface area contributed by atoms with Gasteiger partial charge < -0.3 is 15.7 Å². The first-order chi connectivity index (χ1) is 11.8. The fourth-order valence-corrected chi connectivity index (χ4v) is 4.38. The maximum absolute atomic E-state index is 4.44. The van der Waals surface area contributed by atoms with Crippen molar-refractivity contribution in [1.29, 1.82) is 0 Å². The Bertz CT molecular complexity index is 681. The lowest BCUT2D eigenvalue weighted by Crippen LogP contribution is -2.38. The molecular formula is C18H26N6. The van der Waals surface area contributed by atoms with Gasteiger partial charge in [0.05, 0.1) is 11.4 Å². The van der Waals surface area contributed by atoms with Gasteiger partial charge in [-0.15, -0.1) is 5.53 Å². The zero-order chi connectivity index (χ0) is 16.1. The van der Waals surface area contributed by atoms with Gasteiger partial charge in [0.2, 0.25) is 0 Å². The number of nitrogens with one attached hydrogen (secondary N) is 4. The van der Waals surface area contributed by atoms with Gasteiger partial charge in [0, 0.05) is 23.7 Å². The van der Waals surface area contributed by atoms with Gasteiger partial charge in [-0.2, -0.15) is 0 Å². The third-order valence-electron chi connectivity index (χ3n) is 6.12. The van der Waals surface area contributed by atoms with E-state index < -0.39 is 0 Å². The number of fused-ring (bicyclic) bond motifs is 3. The van der Waals surface area contributed by atoms with Gasteiger partial charge in [-0.25, -0.2) is 10.0 Å². The van der Waals surface area contributed by atoms with Crippen LogP contribution in [0.1, 0.15) is 44.6 Å². The smallest absolute Gasteiger partial charge is 0.141 e. The molecule has 2 aliphatic heterocycles. The largest absolute Gasteiger partial charge is 0.346 e. The molecule has 3 heterocycles. The molecule has 0 amide bonds. The Morgan fingerprint density at radius 1 is 1.29 bits per heavy atom. The zero-order valence-corrected chi connectivity index (χ0v) is 14.2. The topological polar surface area (TPSA) is 67.5 Å². The van der Waals surface area contributed by atoms with Gasteiger partial charge in [-0.05, 0) is 56.6 Å². The molecule has 0 bridgehead atoms. The van der Waals surface area contributed by atoms with Crippen LogP contribution >= 0.6 is 0 Å². The number of hydrazine groups is 2. The number of aliphatic imine (C=N–C) groups is 1. The molecular weight excluding hydrogens is 300 g/mol. The van der Waals surface area contributed by atoms with Crippen molar-refractivity contribution < 1.29 is 0 Å². The Hall–Kier alpha value is -1.79. The molecule has 24 heavy (non-hydrogen) atoms. The average Bonchev–Trinajstić information content (AvgIpc) is 3.02. The number of H-pyrrole nitrogens is 1. The second-order valence-corrected chi connectivity index (χ2v) is 7.80. The summed E-state index contributed by atoms with van der Waals surface area (Å²) in [5.41, 5.74) is 10.4. The van der Waals surface area contributed by atoms with Crippen molar-refractivity contribution in [3.05, 3.63) is 23.5 Å². The molecule has 0 aromatic carbocycles. The summed E-state index contributed by atoms with van der Waals surface area (Å²) in [6.45, 7) is 3.55. The lowest BCUT2D eigenvalue weighted by molar-refractivity contribution is 0.281. The van der Waals surface area contributed by atoms with E-state index in [2.05, 4.69) is 39.2 Å². The number of nitrogens with zero attached hydrogens (tertiary/aromatic N) is 2. The Balaban J connectivity index is 1.26. The molecule has 4 aliphatic rings. The molecule has 2 unspecified atom stereocenters. The van der Waals surface area contributed by atoms with E-state index in [9.17, 15) is 0 Å². The average molecular weight is 326 g/mol. The predicted octanol–water partition coefficient (Wildman–Crippen LogP) is 2.49. The van der Waals surface area contributed by atoms with Crippen LogP contribution in [-0.4, -0.2) is 28.9 Å². The molecule has 2 atom stereocenters. The van der Waals surface area contributed by atoms with Crippen LogP contribution < -0.4 is 16.3 Å². The maximum Gasteiger partial charge on any atom is 0.141 e. The zero-order valence-electron chi connectivity index (χ0n) is 14.2. The monoisotopic (exact) mass is 326 g/mol. The number of hydrogen-bond donors (Lipinski definition) is 4. The fraction of sp³-hybridized carbons (Fsp3) is 0.611. The first-order valence-corrected chi connectivity index (χ1v) is 9.30. The quantitative estimate of drug-likeness (QED) is 0.686. The lowest BCUT2D eigenvalue weighted by Gasteiger charge is -2.30. The Labute approximate surface area is 142 Å². The van der Waals surface area contributed by atoms with Crippen molar-refractivity contribution in [2.24, 2.45) is 22.7 Å². The van der Waals surface area contributed by atoms with Gasteiger partial charge in [-0.1, -0.05) is 6.92 Å². The maximum atomic E-state index is 4.44. The van der Waals surface area contributed by atoms with E-state index in [0.29, 0.717) is 5.92 Å². The summed E-state index contributed by atoms with van der Waals surface area (Å²) in [6, 6.07) is 2.92. The molecule has 0 saturated heterocycles. The molecule has 6 heteroatoms. The Morgan fingerprint density at radius 3 is 2.92 bits per heavy atom. The third-order valence-corrected chi connectivity index (χ3v) is 6.12. The van der Waals surface area contributed by atoms with E-state index in [1.165, 1.54) is 55.6 Å². The number of aromatic nitrogens is 1. The van der Waals surface area contributed by atoms with Crippen molar-refractivity contribution in [2.75, 3.05) is 6.54 Å². The summed E-state index contributed by atoms with van der Waals surface area (Å²) in [6.07, 6.45) is 10.4. The van der Waals surface area contributed by atoms with E-state index in [1.54, 1.807) is 0 Å². The van der Waals surface area contributed by atoms with Crippen molar-refractivity contribution in [2.45, 2.75) is 45.1 Å². The molecule has 1 aromatic rings. The summed E-state index contributed by atoms with van der Waals surface area (Å²) in [5, 5.41) is 5.75. The highest BCUT2D eigenvalue weighted by atomic mass is 15.7. The molecule has 0 radical (unpaired) electrons. The molecule has 5 rings (SSSR count). The summed E-state index contributed by atoms with van der Waals surface area (Å²) in [7, 11) is 0. The van der Waals surface area contributed by atoms with Gasteiger partial charge in [0.15, 0.2) is 0 Å². The van der Waals surface area contributed by atoms with Gasteiger partial charge in [0.1, 0.15) is 12.2 Å². The molecule has 1 aromatic heterocycles. The summed E-state index contributed by atoms with van der Waals surface area (Å²) in [4.78, 5) is 7.66. The Kier molecular flexibility index (Phi) is 3.41. The van der Waals surface area contributed by atoms with Gasteiger partial charge >= 0.3 is 0 Å². The van der Waals surface area contributed by atoms with Crippen molar-refractivity contribution in [3.63, 3.8) is 0 Å². The van der Waals surface area contributed by atoms with Crippen molar-refractivity contribution in [3.8, 4) is 0 Å². The number of rotatable bonds is 4. The highest BCUT2D eigenvalue weighted by Gasteiger charge is 2.35. The van der Waals surface area contributed by atoms with Crippen molar-refractivity contribution >= 4 is 17.9 Å². The van der Waals surface area contributed by atoms with Crippen LogP contribution in [-0.2, 0) is 0 Å². The lowest BCUT2D eigenvalue weighted by atomic mass is 9.79. The van der Waals surface area contributed by atoms with E-state index in [-0.39, 0.29) is 0 Å². The van der Waals surface area contributed by atoms with Crippen LogP contribution in [0, 0.1) is 17.8 Å². The van der Waals surface area contributed by atoms with Crippen LogP contribution in [0.4, 0.5) is 5.82 Å². The SMILES string of the molecule is CC1CC1NC[C@H]1CC[C@H](C2=C3c4cc[nH]c4N=CN3NN2)CC1. The van der Waals surface area contributed by atoms with Crippen LogP contribution in [0.2, 0.25) is 0 Å². The highest BCUT2D eigenvalue weighted by molar-refractivity contribution is 5.87. The normalized spacial score (nSPS) is 34.1. The van der Waals surface area contributed by atoms with E-state index in [4.69, 9.17) is 0 Å². The summed E-state index contributed by atoms with van der Waals surface area (Å²) in [5.74, 6) is 3.32.